The standard InChI is InChI=1S/C20H13FI2N2O3S/c1-2-7-28-17-14(22)9-11(10-15(17)23)8-12-18(26)24-20(29)25(19(12)27)16-6-4-3-5-13(16)21/h2-6,8-10H,1,7H2,(H,24,26,29)/b12-8+. The van der Waals surface area contributed by atoms with Gasteiger partial charge in [-0.25, -0.2) is 9.29 Å². The van der Waals surface area contributed by atoms with Crippen LogP contribution in [0.15, 0.2) is 54.6 Å². The van der Waals surface area contributed by atoms with Crippen molar-refractivity contribution in [2.75, 3.05) is 11.5 Å². The van der Waals surface area contributed by atoms with Gasteiger partial charge in [-0.2, -0.15) is 0 Å². The Kier molecular flexibility index (Phi) is 7.01. The third kappa shape index (κ3) is 4.67. The molecule has 1 aliphatic rings. The number of anilines is 1. The summed E-state index contributed by atoms with van der Waals surface area (Å²) >= 11 is 9.33. The van der Waals surface area contributed by atoms with E-state index in [2.05, 4.69) is 57.1 Å². The highest BCUT2D eigenvalue weighted by Gasteiger charge is 2.35. The first-order valence-corrected chi connectivity index (χ1v) is 10.8. The van der Waals surface area contributed by atoms with Crippen molar-refractivity contribution < 1.29 is 18.7 Å². The number of hydrogen-bond donors (Lipinski definition) is 1. The first-order chi connectivity index (χ1) is 13.8. The van der Waals surface area contributed by atoms with Crippen molar-refractivity contribution in [3.63, 3.8) is 0 Å². The number of rotatable bonds is 5. The second-order valence-corrected chi connectivity index (χ2v) is 8.53. The van der Waals surface area contributed by atoms with Crippen LogP contribution in [0.4, 0.5) is 10.1 Å². The van der Waals surface area contributed by atoms with Gasteiger partial charge in [0, 0.05) is 0 Å². The van der Waals surface area contributed by atoms with E-state index in [1.165, 1.54) is 24.3 Å². The zero-order valence-electron chi connectivity index (χ0n) is 14.7. The maximum Gasteiger partial charge on any atom is 0.270 e. The van der Waals surface area contributed by atoms with E-state index in [1.807, 2.05) is 0 Å². The molecule has 2 aromatic carbocycles. The van der Waals surface area contributed by atoms with E-state index in [4.69, 9.17) is 17.0 Å². The highest BCUT2D eigenvalue weighted by atomic mass is 127. The highest BCUT2D eigenvalue weighted by Crippen LogP contribution is 2.31. The smallest absolute Gasteiger partial charge is 0.270 e. The minimum Gasteiger partial charge on any atom is -0.487 e. The Balaban J connectivity index is 2.01. The molecule has 29 heavy (non-hydrogen) atoms. The van der Waals surface area contributed by atoms with Gasteiger partial charge in [0.1, 0.15) is 23.7 Å². The number of nitrogens with zero attached hydrogens (tertiary/aromatic N) is 1. The third-order valence-electron chi connectivity index (χ3n) is 3.87. The molecule has 0 radical (unpaired) electrons. The van der Waals surface area contributed by atoms with Gasteiger partial charge in [0.15, 0.2) is 5.11 Å². The number of hydrogen-bond acceptors (Lipinski definition) is 4. The van der Waals surface area contributed by atoms with Crippen LogP contribution in [0.25, 0.3) is 6.08 Å². The third-order valence-corrected chi connectivity index (χ3v) is 5.76. The van der Waals surface area contributed by atoms with Gasteiger partial charge < -0.3 is 4.74 Å². The Hall–Kier alpha value is -1.86. The lowest BCUT2D eigenvalue weighted by Crippen LogP contribution is -2.54. The van der Waals surface area contributed by atoms with Gasteiger partial charge in [0.05, 0.1) is 12.8 Å². The Morgan fingerprint density at radius 1 is 1.21 bits per heavy atom. The second-order valence-electron chi connectivity index (χ2n) is 5.82. The molecule has 3 rings (SSSR count). The van der Waals surface area contributed by atoms with Crippen molar-refractivity contribution >= 4 is 86.1 Å². The van der Waals surface area contributed by atoms with Crippen LogP contribution in [-0.2, 0) is 9.59 Å². The molecule has 0 aromatic heterocycles. The van der Waals surface area contributed by atoms with Crippen molar-refractivity contribution in [2.45, 2.75) is 0 Å². The van der Waals surface area contributed by atoms with Crippen LogP contribution in [0.3, 0.4) is 0 Å². The zero-order valence-corrected chi connectivity index (χ0v) is 19.9. The normalized spacial score (nSPS) is 15.5. The van der Waals surface area contributed by atoms with Crippen molar-refractivity contribution in [3.05, 3.63) is 73.1 Å². The summed E-state index contributed by atoms with van der Waals surface area (Å²) in [6.07, 6.45) is 3.10. The summed E-state index contributed by atoms with van der Waals surface area (Å²) in [5, 5.41) is 2.28. The summed E-state index contributed by atoms with van der Waals surface area (Å²) in [4.78, 5) is 26.4. The number of para-hydroxylation sites is 1. The number of halogens is 3. The monoisotopic (exact) mass is 634 g/mol. The summed E-state index contributed by atoms with van der Waals surface area (Å²) in [6, 6.07) is 9.31. The lowest BCUT2D eigenvalue weighted by atomic mass is 10.1. The molecule has 5 nitrogen and oxygen atoms in total. The van der Waals surface area contributed by atoms with Crippen LogP contribution in [0.5, 0.6) is 5.75 Å². The predicted molar refractivity (Wildman–Crippen MR) is 130 cm³/mol. The fraction of sp³-hybridized carbons (Fsp3) is 0.0500. The van der Waals surface area contributed by atoms with E-state index >= 15 is 0 Å². The number of ether oxygens (including phenoxy) is 1. The minimum atomic E-state index is -0.694. The Labute approximate surface area is 199 Å². The molecule has 0 saturated carbocycles. The van der Waals surface area contributed by atoms with Crippen molar-refractivity contribution in [1.82, 2.24) is 5.32 Å². The zero-order chi connectivity index (χ0) is 21.1. The largest absolute Gasteiger partial charge is 0.487 e. The van der Waals surface area contributed by atoms with E-state index in [-0.39, 0.29) is 16.4 Å². The van der Waals surface area contributed by atoms with Gasteiger partial charge in [-0.3, -0.25) is 14.9 Å². The summed E-state index contributed by atoms with van der Waals surface area (Å²) in [5.41, 5.74) is 0.462. The molecule has 2 amide bonds. The SMILES string of the molecule is C=CCOc1c(I)cc(/C=C2\C(=O)NC(=S)N(c3ccccc3F)C2=O)cc1I. The quantitative estimate of drug-likeness (QED) is 0.174. The molecule has 148 valence electrons. The van der Waals surface area contributed by atoms with Gasteiger partial charge in [0.2, 0.25) is 0 Å². The molecule has 0 bridgehead atoms. The Morgan fingerprint density at radius 2 is 1.86 bits per heavy atom. The molecule has 1 heterocycles. The maximum atomic E-state index is 14.2. The summed E-state index contributed by atoms with van der Waals surface area (Å²) < 4.78 is 21.5. The van der Waals surface area contributed by atoms with Crippen LogP contribution in [0, 0.1) is 13.0 Å². The number of benzene rings is 2. The molecule has 0 unspecified atom stereocenters. The Morgan fingerprint density at radius 3 is 2.48 bits per heavy atom. The average Bonchev–Trinajstić information content (AvgIpc) is 2.66. The fourth-order valence-electron chi connectivity index (χ4n) is 2.62. The highest BCUT2D eigenvalue weighted by molar-refractivity contribution is 14.1. The number of nitrogens with one attached hydrogen (secondary N) is 1. The second kappa shape index (κ2) is 9.30. The number of thiocarbonyl (C=S) groups is 1. The summed E-state index contributed by atoms with van der Waals surface area (Å²) in [6.45, 7) is 3.99. The molecule has 1 saturated heterocycles. The van der Waals surface area contributed by atoms with Crippen molar-refractivity contribution in [1.29, 1.82) is 0 Å². The first-order valence-electron chi connectivity index (χ1n) is 8.22. The maximum absolute atomic E-state index is 14.2. The topological polar surface area (TPSA) is 58.6 Å². The minimum absolute atomic E-state index is 0.0225. The van der Waals surface area contributed by atoms with Gasteiger partial charge in [0.25, 0.3) is 11.8 Å². The molecule has 9 heteroatoms. The summed E-state index contributed by atoms with van der Waals surface area (Å²) in [5.74, 6) is -1.25. The van der Waals surface area contributed by atoms with Gasteiger partial charge in [-0.05, 0) is 93.3 Å². The van der Waals surface area contributed by atoms with Gasteiger partial charge in [-0.15, -0.1) is 0 Å². The molecular weight excluding hydrogens is 621 g/mol. The van der Waals surface area contributed by atoms with E-state index in [0.717, 1.165) is 12.0 Å². The summed E-state index contributed by atoms with van der Waals surface area (Å²) in [7, 11) is 0. The van der Waals surface area contributed by atoms with Crippen LogP contribution in [0.2, 0.25) is 0 Å². The van der Waals surface area contributed by atoms with Crippen LogP contribution in [-0.4, -0.2) is 23.5 Å². The Bertz CT molecular complexity index is 1050. The molecule has 0 aliphatic carbocycles. The van der Waals surface area contributed by atoms with E-state index in [9.17, 15) is 14.0 Å². The first kappa shape index (κ1) is 21.8. The van der Waals surface area contributed by atoms with Crippen molar-refractivity contribution in [2.24, 2.45) is 0 Å². The van der Waals surface area contributed by atoms with Gasteiger partial charge in [-0.1, -0.05) is 24.8 Å². The molecule has 2 aromatic rings. The fourth-order valence-corrected chi connectivity index (χ4v) is 5.02. The predicted octanol–water partition coefficient (Wildman–Crippen LogP) is 4.43. The molecule has 1 aliphatic heterocycles. The number of amides is 2. The van der Waals surface area contributed by atoms with Gasteiger partial charge >= 0.3 is 0 Å². The van der Waals surface area contributed by atoms with Crippen LogP contribution < -0.4 is 15.0 Å². The van der Waals surface area contributed by atoms with E-state index in [1.54, 1.807) is 24.3 Å². The molecular formula is C20H13FI2N2O3S. The lowest BCUT2D eigenvalue weighted by Gasteiger charge is -2.29. The van der Waals surface area contributed by atoms with E-state index < -0.39 is 17.6 Å². The average molecular weight is 634 g/mol. The number of carbonyl (C=O) groups excluding carboxylic acids is 2. The van der Waals surface area contributed by atoms with Crippen molar-refractivity contribution in [3.8, 4) is 5.75 Å². The molecule has 0 spiro atoms. The van der Waals surface area contributed by atoms with Crippen LogP contribution in [0.1, 0.15) is 5.56 Å². The van der Waals surface area contributed by atoms with Crippen LogP contribution >= 0.6 is 57.4 Å². The molecule has 1 N–H and O–H groups in total. The van der Waals surface area contributed by atoms with E-state index in [0.29, 0.717) is 17.9 Å². The molecule has 1 fully saturated rings. The molecule has 0 atom stereocenters. The lowest BCUT2D eigenvalue weighted by molar-refractivity contribution is -0.122. The number of carbonyl (C=O) groups is 2.